The molecule has 0 unspecified atom stereocenters. The van der Waals surface area contributed by atoms with Gasteiger partial charge in [0.1, 0.15) is 0 Å². The van der Waals surface area contributed by atoms with E-state index in [0.717, 1.165) is 5.69 Å². The van der Waals surface area contributed by atoms with E-state index in [1.54, 1.807) is 18.2 Å². The zero-order chi connectivity index (χ0) is 14.7. The summed E-state index contributed by atoms with van der Waals surface area (Å²) in [7, 11) is 0. The van der Waals surface area contributed by atoms with Gasteiger partial charge in [0.2, 0.25) is 0 Å². The molecule has 0 saturated carbocycles. The van der Waals surface area contributed by atoms with E-state index in [9.17, 15) is 0 Å². The van der Waals surface area contributed by atoms with Crippen LogP contribution < -0.4 is 5.32 Å². The lowest BCUT2D eigenvalue weighted by molar-refractivity contribution is 1.10. The van der Waals surface area contributed by atoms with Crippen LogP contribution >= 0.6 is 11.6 Å². The second-order valence-electron chi connectivity index (χ2n) is 5.02. The number of hydrogen-bond acceptors (Lipinski definition) is 2. The Hall–Kier alpha value is -1.98. The topological polar surface area (TPSA) is 35.8 Å². The third-order valence-corrected chi connectivity index (χ3v) is 3.85. The van der Waals surface area contributed by atoms with Crippen molar-refractivity contribution in [2.75, 3.05) is 5.32 Å². The van der Waals surface area contributed by atoms with Gasteiger partial charge < -0.3 is 5.32 Å². The van der Waals surface area contributed by atoms with Gasteiger partial charge in [-0.2, -0.15) is 5.26 Å². The maximum atomic E-state index is 8.93. The van der Waals surface area contributed by atoms with Crippen LogP contribution in [0, 0.1) is 32.1 Å². The van der Waals surface area contributed by atoms with Gasteiger partial charge >= 0.3 is 0 Å². The van der Waals surface area contributed by atoms with Gasteiger partial charge in [-0.05, 0) is 61.2 Å². The number of nitriles is 1. The van der Waals surface area contributed by atoms with Crippen LogP contribution in [0.5, 0.6) is 0 Å². The second-order valence-corrected chi connectivity index (χ2v) is 5.43. The highest BCUT2D eigenvalue weighted by atomic mass is 35.5. The van der Waals surface area contributed by atoms with Gasteiger partial charge in [-0.1, -0.05) is 23.7 Å². The molecule has 0 atom stereocenters. The number of benzene rings is 2. The Labute approximate surface area is 125 Å². The Bertz CT molecular complexity index is 684. The van der Waals surface area contributed by atoms with E-state index in [4.69, 9.17) is 16.9 Å². The molecule has 0 saturated heterocycles. The van der Waals surface area contributed by atoms with Crippen LogP contribution in [0.15, 0.2) is 30.3 Å². The number of nitrogens with one attached hydrogen (secondary N) is 1. The van der Waals surface area contributed by atoms with Gasteiger partial charge in [0.15, 0.2) is 0 Å². The Morgan fingerprint density at radius 3 is 2.45 bits per heavy atom. The minimum absolute atomic E-state index is 0.605. The third-order valence-electron chi connectivity index (χ3n) is 3.52. The predicted molar refractivity (Wildman–Crippen MR) is 84.1 cm³/mol. The lowest BCUT2D eigenvalue weighted by Gasteiger charge is -2.13. The van der Waals surface area contributed by atoms with Crippen molar-refractivity contribution in [3.63, 3.8) is 0 Å². The molecular weight excluding hydrogens is 268 g/mol. The largest absolute Gasteiger partial charge is 0.380 e. The lowest BCUT2D eigenvalue weighted by atomic mass is 10.0. The molecule has 0 aliphatic rings. The van der Waals surface area contributed by atoms with Crippen molar-refractivity contribution in [1.82, 2.24) is 0 Å². The lowest BCUT2D eigenvalue weighted by Crippen LogP contribution is -2.03. The van der Waals surface area contributed by atoms with Gasteiger partial charge in [0, 0.05) is 6.54 Å². The summed E-state index contributed by atoms with van der Waals surface area (Å²) in [4.78, 5) is 0. The van der Waals surface area contributed by atoms with Crippen LogP contribution in [-0.4, -0.2) is 0 Å². The van der Waals surface area contributed by atoms with Crippen molar-refractivity contribution >= 4 is 17.3 Å². The molecule has 0 heterocycles. The minimum atomic E-state index is 0.605. The highest BCUT2D eigenvalue weighted by molar-refractivity contribution is 6.33. The normalized spacial score (nSPS) is 10.2. The standard InChI is InChI=1S/C17H17ClN2/c1-11-6-13(3)15(7-12(11)2)10-20-17-8-14(9-19)4-5-16(17)18/h4-8,20H,10H2,1-3H3. The van der Waals surface area contributed by atoms with E-state index in [2.05, 4.69) is 44.3 Å². The number of nitrogens with zero attached hydrogens (tertiary/aromatic N) is 1. The smallest absolute Gasteiger partial charge is 0.0992 e. The maximum Gasteiger partial charge on any atom is 0.0992 e. The van der Waals surface area contributed by atoms with Crippen molar-refractivity contribution in [1.29, 1.82) is 5.26 Å². The molecule has 3 heteroatoms. The monoisotopic (exact) mass is 284 g/mol. The fourth-order valence-corrected chi connectivity index (χ4v) is 2.32. The van der Waals surface area contributed by atoms with Crippen molar-refractivity contribution in [3.8, 4) is 6.07 Å². The van der Waals surface area contributed by atoms with Crippen LogP contribution in [0.25, 0.3) is 0 Å². The number of rotatable bonds is 3. The molecule has 0 aliphatic heterocycles. The van der Waals surface area contributed by atoms with Gasteiger partial charge in [-0.3, -0.25) is 0 Å². The molecule has 102 valence electrons. The van der Waals surface area contributed by atoms with Crippen molar-refractivity contribution in [2.24, 2.45) is 0 Å². The van der Waals surface area contributed by atoms with E-state index >= 15 is 0 Å². The summed E-state index contributed by atoms with van der Waals surface area (Å²) in [6, 6.07) is 11.7. The summed E-state index contributed by atoms with van der Waals surface area (Å²) in [5.74, 6) is 0. The quantitative estimate of drug-likeness (QED) is 0.883. The van der Waals surface area contributed by atoms with Gasteiger partial charge in [0.25, 0.3) is 0 Å². The highest BCUT2D eigenvalue weighted by Crippen LogP contribution is 2.24. The van der Waals surface area contributed by atoms with Crippen LogP contribution in [0.1, 0.15) is 27.8 Å². The average Bonchev–Trinajstić information content (AvgIpc) is 2.43. The minimum Gasteiger partial charge on any atom is -0.380 e. The summed E-state index contributed by atoms with van der Waals surface area (Å²) < 4.78 is 0. The molecule has 2 aromatic rings. The fraction of sp³-hybridized carbons (Fsp3) is 0.235. The Balaban J connectivity index is 2.21. The first-order valence-electron chi connectivity index (χ1n) is 6.51. The van der Waals surface area contributed by atoms with Gasteiger partial charge in [0.05, 0.1) is 22.3 Å². The van der Waals surface area contributed by atoms with Crippen LogP contribution in [-0.2, 0) is 6.54 Å². The second kappa shape index (κ2) is 5.98. The summed E-state index contributed by atoms with van der Waals surface area (Å²) >= 11 is 6.14. The Morgan fingerprint density at radius 1 is 1.05 bits per heavy atom. The molecule has 1 N–H and O–H groups in total. The zero-order valence-corrected chi connectivity index (χ0v) is 12.7. The third kappa shape index (κ3) is 3.12. The van der Waals surface area contributed by atoms with Crippen LogP contribution in [0.3, 0.4) is 0 Å². The molecule has 2 rings (SSSR count). The molecule has 0 fully saturated rings. The van der Waals surface area contributed by atoms with E-state index < -0.39 is 0 Å². The number of aryl methyl sites for hydroxylation is 3. The van der Waals surface area contributed by atoms with Gasteiger partial charge in [-0.25, -0.2) is 0 Å². The number of hydrogen-bond donors (Lipinski definition) is 1. The predicted octanol–water partition coefficient (Wildman–Crippen LogP) is 4.75. The molecule has 0 amide bonds. The summed E-state index contributed by atoms with van der Waals surface area (Å²) in [5.41, 5.74) is 6.48. The molecule has 20 heavy (non-hydrogen) atoms. The van der Waals surface area contributed by atoms with Crippen molar-refractivity contribution < 1.29 is 0 Å². The van der Waals surface area contributed by atoms with Crippen LogP contribution in [0.2, 0.25) is 5.02 Å². The summed E-state index contributed by atoms with van der Waals surface area (Å²) in [5, 5.41) is 12.9. The SMILES string of the molecule is Cc1cc(C)c(CNc2cc(C#N)ccc2Cl)cc1C. The highest BCUT2D eigenvalue weighted by Gasteiger charge is 2.05. The molecule has 0 spiro atoms. The molecule has 0 aromatic heterocycles. The van der Waals surface area contributed by atoms with Gasteiger partial charge in [-0.15, -0.1) is 0 Å². The molecule has 0 radical (unpaired) electrons. The average molecular weight is 285 g/mol. The molecule has 0 bridgehead atoms. The Kier molecular flexibility index (Phi) is 4.32. The maximum absolute atomic E-state index is 8.93. The molecular formula is C17H17ClN2. The summed E-state index contributed by atoms with van der Waals surface area (Å²) in [6.07, 6.45) is 0. The van der Waals surface area contributed by atoms with E-state index in [1.807, 2.05) is 0 Å². The van der Waals surface area contributed by atoms with E-state index in [-0.39, 0.29) is 0 Å². The first-order valence-corrected chi connectivity index (χ1v) is 6.89. The molecule has 0 aliphatic carbocycles. The summed E-state index contributed by atoms with van der Waals surface area (Å²) in [6.45, 7) is 7.03. The Morgan fingerprint density at radius 2 is 1.75 bits per heavy atom. The van der Waals surface area contributed by atoms with Crippen LogP contribution in [0.4, 0.5) is 5.69 Å². The van der Waals surface area contributed by atoms with E-state index in [1.165, 1.54) is 22.3 Å². The first-order chi connectivity index (χ1) is 9.51. The van der Waals surface area contributed by atoms with Crippen molar-refractivity contribution in [3.05, 3.63) is 63.2 Å². The van der Waals surface area contributed by atoms with Crippen molar-refractivity contribution in [2.45, 2.75) is 27.3 Å². The number of anilines is 1. The fourth-order valence-electron chi connectivity index (χ4n) is 2.13. The van der Waals surface area contributed by atoms with E-state index in [0.29, 0.717) is 17.1 Å². The zero-order valence-electron chi connectivity index (χ0n) is 11.9. The number of halogens is 1. The first kappa shape index (κ1) is 14.4. The molecule has 2 nitrogen and oxygen atoms in total. The molecule has 2 aromatic carbocycles.